The highest BCUT2D eigenvalue weighted by Gasteiger charge is 2.42. The number of hydrogen-bond acceptors (Lipinski definition) is 3. The Kier molecular flexibility index (Phi) is 9.65. The van der Waals surface area contributed by atoms with Gasteiger partial charge in [-0.3, -0.25) is 4.79 Å². The average molecular weight is 501 g/mol. The number of guanidine groups is 1. The van der Waals surface area contributed by atoms with Crippen LogP contribution in [-0.4, -0.2) is 44.0 Å². The van der Waals surface area contributed by atoms with E-state index in [1.807, 2.05) is 13.0 Å². The van der Waals surface area contributed by atoms with Gasteiger partial charge in [0.05, 0.1) is 23.6 Å². The smallest absolute Gasteiger partial charge is 0.230 e. The molecule has 0 spiro atoms. The summed E-state index contributed by atoms with van der Waals surface area (Å²) < 4.78 is 14.0. The van der Waals surface area contributed by atoms with Gasteiger partial charge in [0.25, 0.3) is 0 Å². The van der Waals surface area contributed by atoms with E-state index in [9.17, 15) is 9.18 Å². The van der Waals surface area contributed by atoms with Crippen LogP contribution in [0.1, 0.15) is 43.7 Å². The monoisotopic (exact) mass is 501 g/mol. The molecule has 2 N–H and O–H groups in total. The molecule has 1 aromatic rings. The highest BCUT2D eigenvalue weighted by molar-refractivity contribution is 14.0. The van der Waals surface area contributed by atoms with Crippen LogP contribution < -0.4 is 10.6 Å². The molecule has 1 saturated carbocycles. The molecule has 28 heavy (non-hydrogen) atoms. The minimum absolute atomic E-state index is 0. The minimum atomic E-state index is -0.441. The second-order valence-corrected chi connectivity index (χ2v) is 7.15. The molecule has 154 valence electrons. The molecule has 0 saturated heterocycles. The van der Waals surface area contributed by atoms with E-state index in [0.717, 1.165) is 25.7 Å². The summed E-state index contributed by atoms with van der Waals surface area (Å²) in [4.78, 5) is 18.8. The lowest BCUT2D eigenvalue weighted by atomic mass is 9.84. The van der Waals surface area contributed by atoms with Crippen LogP contribution in [0.4, 0.5) is 4.39 Å². The number of carbonyl (C=O) groups is 1. The molecular formula is C20H29FIN5O. The molecule has 2 rings (SSSR count). The molecule has 1 amide bonds. The van der Waals surface area contributed by atoms with E-state index < -0.39 is 11.2 Å². The summed E-state index contributed by atoms with van der Waals surface area (Å²) in [6.45, 7) is 3.28. The van der Waals surface area contributed by atoms with Crippen LogP contribution in [0.5, 0.6) is 0 Å². The molecule has 1 fully saturated rings. The number of nitrogens with one attached hydrogen (secondary N) is 2. The molecule has 0 heterocycles. The van der Waals surface area contributed by atoms with Crippen LogP contribution in [0.3, 0.4) is 0 Å². The van der Waals surface area contributed by atoms with Gasteiger partial charge in [-0.25, -0.2) is 9.38 Å². The maximum absolute atomic E-state index is 14.0. The summed E-state index contributed by atoms with van der Waals surface area (Å²) in [7, 11) is 3.57. The van der Waals surface area contributed by atoms with Crippen LogP contribution in [0.2, 0.25) is 0 Å². The van der Waals surface area contributed by atoms with Crippen molar-refractivity contribution in [3.05, 3.63) is 35.1 Å². The lowest BCUT2D eigenvalue weighted by Crippen LogP contribution is -2.49. The molecule has 6 nitrogen and oxygen atoms in total. The number of benzene rings is 1. The fourth-order valence-electron chi connectivity index (χ4n) is 3.50. The molecule has 0 aromatic heterocycles. The Morgan fingerprint density at radius 3 is 2.54 bits per heavy atom. The molecule has 0 atom stereocenters. The summed E-state index contributed by atoms with van der Waals surface area (Å²) in [5.74, 6) is 0.254. The van der Waals surface area contributed by atoms with Crippen molar-refractivity contribution in [3.8, 4) is 6.07 Å². The fraction of sp³-hybridized carbons (Fsp3) is 0.550. The maximum atomic E-state index is 14.0. The van der Waals surface area contributed by atoms with Crippen molar-refractivity contribution < 1.29 is 9.18 Å². The van der Waals surface area contributed by atoms with E-state index in [4.69, 9.17) is 5.26 Å². The molecule has 0 bridgehead atoms. The second-order valence-electron chi connectivity index (χ2n) is 7.15. The van der Waals surface area contributed by atoms with Gasteiger partial charge in [-0.2, -0.15) is 5.26 Å². The third-order valence-corrected chi connectivity index (χ3v) is 4.95. The first-order chi connectivity index (χ1) is 12.9. The second kappa shape index (κ2) is 11.2. The Morgan fingerprint density at radius 1 is 1.32 bits per heavy atom. The van der Waals surface area contributed by atoms with Crippen LogP contribution >= 0.6 is 24.0 Å². The van der Waals surface area contributed by atoms with Gasteiger partial charge in [0.1, 0.15) is 5.82 Å². The molecule has 1 aromatic carbocycles. The Bertz CT molecular complexity index is 739. The van der Waals surface area contributed by atoms with Gasteiger partial charge in [-0.15, -0.1) is 24.0 Å². The van der Waals surface area contributed by atoms with E-state index in [2.05, 4.69) is 15.6 Å². The van der Waals surface area contributed by atoms with Gasteiger partial charge in [-0.05, 0) is 31.9 Å². The number of nitriles is 1. The molecule has 0 radical (unpaired) electrons. The average Bonchev–Trinajstić information content (AvgIpc) is 3.14. The van der Waals surface area contributed by atoms with E-state index in [-0.39, 0.29) is 42.0 Å². The van der Waals surface area contributed by atoms with Crippen molar-refractivity contribution in [1.29, 1.82) is 5.26 Å². The standard InChI is InChI=1S/C20H28FN5O.HI/c1-4-23-19(24-13-16-8-7-15(12-22)11-17(16)21)25-14-20(9-5-6-10-20)18(27)26(2)3;/h7-8,11H,4-6,9-10,13-14H2,1-3H3,(H2,23,24,25);1H. The number of hydrogen-bond donors (Lipinski definition) is 2. The number of halogens is 2. The summed E-state index contributed by atoms with van der Waals surface area (Å²) in [5, 5.41) is 15.2. The normalized spacial score (nSPS) is 15.3. The molecule has 0 unspecified atom stereocenters. The number of aliphatic imine (C=N–C) groups is 1. The van der Waals surface area contributed by atoms with Crippen molar-refractivity contribution >= 4 is 35.8 Å². The summed E-state index contributed by atoms with van der Waals surface area (Å²) in [6, 6.07) is 6.30. The SMILES string of the molecule is CCNC(=NCc1ccc(C#N)cc1F)NCC1(C(=O)N(C)C)CCCC1.I. The summed E-state index contributed by atoms with van der Waals surface area (Å²) >= 11 is 0. The topological polar surface area (TPSA) is 80.5 Å². The number of rotatable bonds is 6. The Labute approximate surface area is 183 Å². The fourth-order valence-corrected chi connectivity index (χ4v) is 3.50. The van der Waals surface area contributed by atoms with E-state index in [1.165, 1.54) is 6.07 Å². The van der Waals surface area contributed by atoms with Crippen LogP contribution in [-0.2, 0) is 11.3 Å². The van der Waals surface area contributed by atoms with Crippen molar-refractivity contribution in [3.63, 3.8) is 0 Å². The predicted octanol–water partition coefficient (Wildman–Crippen LogP) is 3.02. The molecule has 1 aliphatic rings. The van der Waals surface area contributed by atoms with Gasteiger partial charge in [0.15, 0.2) is 5.96 Å². The van der Waals surface area contributed by atoms with Crippen LogP contribution in [0, 0.1) is 22.6 Å². The maximum Gasteiger partial charge on any atom is 0.230 e. The van der Waals surface area contributed by atoms with Gasteiger partial charge < -0.3 is 15.5 Å². The van der Waals surface area contributed by atoms with Gasteiger partial charge in [0.2, 0.25) is 5.91 Å². The Hall–Kier alpha value is -1.89. The molecule has 1 aliphatic carbocycles. The van der Waals surface area contributed by atoms with Gasteiger partial charge in [0, 0.05) is 32.7 Å². The van der Waals surface area contributed by atoms with E-state index in [0.29, 0.717) is 24.6 Å². The Balaban J connectivity index is 0.00000392. The molecule has 8 heteroatoms. The van der Waals surface area contributed by atoms with Crippen molar-refractivity contribution in [2.24, 2.45) is 10.4 Å². The predicted molar refractivity (Wildman–Crippen MR) is 119 cm³/mol. The van der Waals surface area contributed by atoms with E-state index in [1.54, 1.807) is 31.1 Å². The number of carbonyl (C=O) groups excluding carboxylic acids is 1. The first-order valence-electron chi connectivity index (χ1n) is 9.34. The minimum Gasteiger partial charge on any atom is -0.357 e. The zero-order valence-corrected chi connectivity index (χ0v) is 19.0. The van der Waals surface area contributed by atoms with Crippen molar-refractivity contribution in [1.82, 2.24) is 15.5 Å². The highest BCUT2D eigenvalue weighted by atomic mass is 127. The van der Waals surface area contributed by atoms with Crippen LogP contribution in [0.15, 0.2) is 23.2 Å². The molecular weight excluding hydrogens is 472 g/mol. The first-order valence-corrected chi connectivity index (χ1v) is 9.34. The van der Waals surface area contributed by atoms with Gasteiger partial charge in [-0.1, -0.05) is 18.9 Å². The Morgan fingerprint density at radius 2 is 2.00 bits per heavy atom. The largest absolute Gasteiger partial charge is 0.357 e. The highest BCUT2D eigenvalue weighted by Crippen LogP contribution is 2.38. The lowest BCUT2D eigenvalue weighted by Gasteiger charge is -2.31. The number of nitrogens with zero attached hydrogens (tertiary/aromatic N) is 3. The first kappa shape index (κ1) is 24.1. The van der Waals surface area contributed by atoms with Crippen molar-refractivity contribution in [2.45, 2.75) is 39.2 Å². The zero-order chi connectivity index (χ0) is 19.9. The van der Waals surface area contributed by atoms with Crippen molar-refractivity contribution in [2.75, 3.05) is 27.2 Å². The van der Waals surface area contributed by atoms with E-state index >= 15 is 0 Å². The lowest BCUT2D eigenvalue weighted by molar-refractivity contribution is -0.138. The third-order valence-electron chi connectivity index (χ3n) is 4.95. The van der Waals surface area contributed by atoms with Gasteiger partial charge >= 0.3 is 0 Å². The quantitative estimate of drug-likeness (QED) is 0.357. The summed E-state index contributed by atoms with van der Waals surface area (Å²) in [5.41, 5.74) is 0.307. The summed E-state index contributed by atoms with van der Waals surface area (Å²) in [6.07, 6.45) is 3.82. The zero-order valence-electron chi connectivity index (χ0n) is 16.7. The molecule has 0 aliphatic heterocycles. The van der Waals surface area contributed by atoms with Crippen LogP contribution in [0.25, 0.3) is 0 Å². The third kappa shape index (κ3) is 6.06. The number of amides is 1.